The molecule has 1 N–H and O–H groups in total. The van der Waals surface area contributed by atoms with Crippen LogP contribution in [0.15, 0.2) is 49.1 Å². The number of benzene rings is 1. The van der Waals surface area contributed by atoms with E-state index in [2.05, 4.69) is 20.2 Å². The van der Waals surface area contributed by atoms with Crippen molar-refractivity contribution in [3.05, 3.63) is 60.3 Å². The van der Waals surface area contributed by atoms with Gasteiger partial charge in [-0.25, -0.2) is 9.97 Å². The van der Waals surface area contributed by atoms with E-state index >= 15 is 0 Å². The van der Waals surface area contributed by atoms with Crippen molar-refractivity contribution in [2.45, 2.75) is 32.7 Å². The molecule has 2 aromatic heterocycles. The highest BCUT2D eigenvalue weighted by Gasteiger charge is 2.29. The van der Waals surface area contributed by atoms with Crippen molar-refractivity contribution >= 4 is 17.6 Å². The molecule has 10 heteroatoms. The second-order valence-corrected chi connectivity index (χ2v) is 8.56. The summed E-state index contributed by atoms with van der Waals surface area (Å²) in [4.78, 5) is 42.4. The molecule has 1 aliphatic rings. The predicted molar refractivity (Wildman–Crippen MR) is 132 cm³/mol. The quantitative estimate of drug-likeness (QED) is 0.523. The molecule has 1 fully saturated rings. The molecule has 0 aliphatic carbocycles. The molecule has 1 aromatic carbocycles. The predicted octanol–water partition coefficient (Wildman–Crippen LogP) is 1.77. The van der Waals surface area contributed by atoms with Crippen LogP contribution in [0.3, 0.4) is 0 Å². The SMILES string of the molecule is COc1ccc(CCN(C(C)=O)C(=O)CC2CNCCN2c2cc(C)nc(-n3ccnc3)n2)cc1. The van der Waals surface area contributed by atoms with E-state index in [1.165, 1.54) is 11.8 Å². The summed E-state index contributed by atoms with van der Waals surface area (Å²) in [7, 11) is 1.62. The van der Waals surface area contributed by atoms with Crippen molar-refractivity contribution in [2.24, 2.45) is 0 Å². The van der Waals surface area contributed by atoms with Gasteiger partial charge in [-0.15, -0.1) is 0 Å². The maximum absolute atomic E-state index is 13.3. The van der Waals surface area contributed by atoms with Gasteiger partial charge in [0.2, 0.25) is 17.8 Å². The summed E-state index contributed by atoms with van der Waals surface area (Å²) in [6, 6.07) is 9.44. The maximum atomic E-state index is 13.3. The van der Waals surface area contributed by atoms with Crippen LogP contribution in [0.1, 0.15) is 24.6 Å². The zero-order valence-corrected chi connectivity index (χ0v) is 20.3. The first kappa shape index (κ1) is 24.3. The molecule has 1 atom stereocenters. The average Bonchev–Trinajstić information content (AvgIpc) is 3.39. The third-order valence-electron chi connectivity index (χ3n) is 6.08. The molecule has 0 saturated carbocycles. The number of rotatable bonds is 8. The number of ether oxygens (including phenoxy) is 1. The fourth-order valence-corrected chi connectivity index (χ4v) is 4.22. The number of hydrogen-bond donors (Lipinski definition) is 1. The van der Waals surface area contributed by atoms with E-state index in [0.717, 1.165) is 29.4 Å². The Balaban J connectivity index is 1.47. The molecule has 35 heavy (non-hydrogen) atoms. The Bertz CT molecular complexity index is 1150. The Morgan fingerprint density at radius 1 is 1.23 bits per heavy atom. The van der Waals surface area contributed by atoms with E-state index in [4.69, 9.17) is 9.72 Å². The number of hydrogen-bond acceptors (Lipinski definition) is 8. The number of nitrogens with zero attached hydrogens (tertiary/aromatic N) is 6. The first-order chi connectivity index (χ1) is 16.9. The summed E-state index contributed by atoms with van der Waals surface area (Å²) in [5.74, 6) is 1.62. The van der Waals surface area contributed by atoms with Crippen molar-refractivity contribution in [3.63, 3.8) is 0 Å². The minimum Gasteiger partial charge on any atom is -0.497 e. The summed E-state index contributed by atoms with van der Waals surface area (Å²) in [5, 5.41) is 3.37. The Hall–Kier alpha value is -3.79. The summed E-state index contributed by atoms with van der Waals surface area (Å²) in [6.07, 6.45) is 5.93. The number of piperazine rings is 1. The Morgan fingerprint density at radius 2 is 2.03 bits per heavy atom. The first-order valence-electron chi connectivity index (χ1n) is 11.7. The summed E-state index contributed by atoms with van der Waals surface area (Å²) < 4.78 is 6.95. The number of imidazole rings is 1. The van der Waals surface area contributed by atoms with Gasteiger partial charge < -0.3 is 15.0 Å². The highest BCUT2D eigenvalue weighted by molar-refractivity contribution is 5.94. The van der Waals surface area contributed by atoms with Crippen LogP contribution in [0, 0.1) is 6.92 Å². The number of methoxy groups -OCH3 is 1. The number of nitrogens with one attached hydrogen (secondary N) is 1. The Morgan fingerprint density at radius 3 is 2.71 bits per heavy atom. The highest BCUT2D eigenvalue weighted by Crippen LogP contribution is 2.21. The number of carbonyl (C=O) groups excluding carboxylic acids is 2. The molecule has 0 bridgehead atoms. The standard InChI is InChI=1S/C25H31N7O3/c1-18-14-23(29-25(28-18)30-12-9-27-17-30)32-13-10-26-16-21(32)15-24(34)31(19(2)33)11-8-20-4-6-22(35-3)7-5-20/h4-7,9,12,14,17,21,26H,8,10-11,13,15-16H2,1-3H3. The number of amides is 2. The van der Waals surface area contributed by atoms with E-state index in [-0.39, 0.29) is 24.3 Å². The lowest BCUT2D eigenvalue weighted by Crippen LogP contribution is -2.54. The molecule has 4 rings (SSSR count). The van der Waals surface area contributed by atoms with Crippen molar-refractivity contribution < 1.29 is 14.3 Å². The molecule has 1 aliphatic heterocycles. The minimum atomic E-state index is -0.251. The molecule has 0 spiro atoms. The minimum absolute atomic E-state index is 0.135. The van der Waals surface area contributed by atoms with Gasteiger partial charge in [0.15, 0.2) is 0 Å². The zero-order chi connectivity index (χ0) is 24.8. The second-order valence-electron chi connectivity index (χ2n) is 8.56. The molecule has 3 heterocycles. The monoisotopic (exact) mass is 477 g/mol. The first-order valence-corrected chi connectivity index (χ1v) is 11.7. The largest absolute Gasteiger partial charge is 0.497 e. The molecule has 1 unspecified atom stereocenters. The molecule has 3 aromatic rings. The molecular formula is C25H31N7O3. The smallest absolute Gasteiger partial charge is 0.237 e. The van der Waals surface area contributed by atoms with Crippen molar-refractivity contribution in [2.75, 3.05) is 38.2 Å². The third kappa shape index (κ3) is 6.02. The van der Waals surface area contributed by atoms with Gasteiger partial charge >= 0.3 is 0 Å². The average molecular weight is 478 g/mol. The summed E-state index contributed by atoms with van der Waals surface area (Å²) in [6.45, 7) is 5.79. The number of carbonyl (C=O) groups is 2. The van der Waals surface area contributed by atoms with E-state index in [1.54, 1.807) is 30.4 Å². The highest BCUT2D eigenvalue weighted by atomic mass is 16.5. The van der Waals surface area contributed by atoms with Crippen LogP contribution in [-0.4, -0.2) is 75.6 Å². The van der Waals surface area contributed by atoms with Gasteiger partial charge in [-0.05, 0) is 31.0 Å². The lowest BCUT2D eigenvalue weighted by molar-refractivity contribution is -0.143. The summed E-state index contributed by atoms with van der Waals surface area (Å²) >= 11 is 0. The van der Waals surface area contributed by atoms with Crippen LogP contribution in [0.5, 0.6) is 5.75 Å². The summed E-state index contributed by atoms with van der Waals surface area (Å²) in [5.41, 5.74) is 1.86. The number of aryl methyl sites for hydroxylation is 1. The van der Waals surface area contributed by atoms with Crippen LogP contribution in [0.25, 0.3) is 5.95 Å². The van der Waals surface area contributed by atoms with Crippen LogP contribution in [-0.2, 0) is 16.0 Å². The van der Waals surface area contributed by atoms with E-state index in [1.807, 2.05) is 37.3 Å². The van der Waals surface area contributed by atoms with E-state index in [0.29, 0.717) is 32.0 Å². The van der Waals surface area contributed by atoms with Crippen LogP contribution in [0.2, 0.25) is 0 Å². The van der Waals surface area contributed by atoms with E-state index in [9.17, 15) is 9.59 Å². The molecular weight excluding hydrogens is 446 g/mol. The van der Waals surface area contributed by atoms with E-state index < -0.39 is 0 Å². The van der Waals surface area contributed by atoms with Crippen LogP contribution < -0.4 is 15.0 Å². The number of anilines is 1. The molecule has 1 saturated heterocycles. The lowest BCUT2D eigenvalue weighted by atomic mass is 10.1. The fourth-order valence-electron chi connectivity index (χ4n) is 4.22. The second kappa shape index (κ2) is 11.1. The third-order valence-corrected chi connectivity index (χ3v) is 6.08. The van der Waals surface area contributed by atoms with Gasteiger partial charge in [0.05, 0.1) is 13.2 Å². The normalized spacial score (nSPS) is 15.6. The fraction of sp³-hybridized carbons (Fsp3) is 0.400. The number of imide groups is 1. The van der Waals surface area contributed by atoms with Crippen molar-refractivity contribution in [1.82, 2.24) is 29.7 Å². The van der Waals surface area contributed by atoms with Gasteiger partial charge in [-0.2, -0.15) is 4.98 Å². The Labute approximate surface area is 205 Å². The van der Waals surface area contributed by atoms with Crippen LogP contribution in [0.4, 0.5) is 5.82 Å². The molecule has 10 nitrogen and oxygen atoms in total. The van der Waals surface area contributed by atoms with Crippen molar-refractivity contribution in [3.8, 4) is 11.7 Å². The van der Waals surface area contributed by atoms with Crippen molar-refractivity contribution in [1.29, 1.82) is 0 Å². The van der Waals surface area contributed by atoms with Gasteiger partial charge in [0.25, 0.3) is 0 Å². The van der Waals surface area contributed by atoms with Gasteiger partial charge in [0, 0.05) is 63.7 Å². The van der Waals surface area contributed by atoms with Gasteiger partial charge in [0.1, 0.15) is 17.9 Å². The maximum Gasteiger partial charge on any atom is 0.237 e. The number of aromatic nitrogens is 4. The Kier molecular flexibility index (Phi) is 7.71. The van der Waals surface area contributed by atoms with Gasteiger partial charge in [-0.1, -0.05) is 12.1 Å². The van der Waals surface area contributed by atoms with Crippen LogP contribution >= 0.6 is 0 Å². The molecule has 2 amide bonds. The zero-order valence-electron chi connectivity index (χ0n) is 20.3. The van der Waals surface area contributed by atoms with Gasteiger partial charge in [-0.3, -0.25) is 19.1 Å². The topological polar surface area (TPSA) is 105 Å². The lowest BCUT2D eigenvalue weighted by Gasteiger charge is -2.37. The molecule has 0 radical (unpaired) electrons. The molecule has 184 valence electrons.